The number of aryl methyl sites for hydroxylation is 1. The molecule has 2 aromatic rings. The first-order valence-corrected chi connectivity index (χ1v) is 6.54. The van der Waals surface area contributed by atoms with E-state index in [4.69, 9.17) is 0 Å². The Hall–Kier alpha value is -1.76. The molecule has 94 valence electrons. The number of hydrogen-bond donors (Lipinski definition) is 1. The Kier molecular flexibility index (Phi) is 3.71. The zero-order chi connectivity index (χ0) is 13.1. The van der Waals surface area contributed by atoms with Crippen molar-refractivity contribution in [3.8, 4) is 16.9 Å². The van der Waals surface area contributed by atoms with Gasteiger partial charge in [0, 0.05) is 5.56 Å². The fourth-order valence-electron chi connectivity index (χ4n) is 2.21. The van der Waals surface area contributed by atoms with E-state index in [0.29, 0.717) is 11.7 Å². The van der Waals surface area contributed by atoms with E-state index in [1.165, 1.54) is 11.1 Å². The van der Waals surface area contributed by atoms with Crippen LogP contribution in [0.5, 0.6) is 5.75 Å². The van der Waals surface area contributed by atoms with Gasteiger partial charge in [-0.15, -0.1) is 0 Å². The fraction of sp³-hybridized carbons (Fsp3) is 0.294. The van der Waals surface area contributed by atoms with Crippen molar-refractivity contribution in [3.05, 3.63) is 53.6 Å². The molecule has 2 aromatic carbocycles. The van der Waals surface area contributed by atoms with Crippen LogP contribution in [0, 0.1) is 0 Å². The van der Waals surface area contributed by atoms with E-state index in [0.717, 1.165) is 17.5 Å². The van der Waals surface area contributed by atoms with E-state index in [1.807, 2.05) is 18.2 Å². The Morgan fingerprint density at radius 3 is 2.33 bits per heavy atom. The van der Waals surface area contributed by atoms with Gasteiger partial charge in [0.2, 0.25) is 0 Å². The third-order valence-corrected chi connectivity index (χ3v) is 3.38. The van der Waals surface area contributed by atoms with Gasteiger partial charge in [-0.3, -0.25) is 0 Å². The molecule has 0 unspecified atom stereocenters. The first kappa shape index (κ1) is 12.7. The third kappa shape index (κ3) is 2.40. The lowest BCUT2D eigenvalue weighted by atomic mass is 9.92. The minimum absolute atomic E-state index is 0.355. The molecule has 0 saturated carbocycles. The molecule has 0 amide bonds. The summed E-state index contributed by atoms with van der Waals surface area (Å²) in [6.07, 6.45) is 0.974. The molecule has 1 heteroatoms. The SMILES string of the molecule is CCc1ccc(C(C)C)cc1-c1ccccc1O. The highest BCUT2D eigenvalue weighted by Gasteiger charge is 2.10. The normalized spacial score (nSPS) is 10.9. The van der Waals surface area contributed by atoms with Crippen molar-refractivity contribution in [2.45, 2.75) is 33.1 Å². The predicted molar refractivity (Wildman–Crippen MR) is 77.0 cm³/mol. The quantitative estimate of drug-likeness (QED) is 0.821. The summed E-state index contributed by atoms with van der Waals surface area (Å²) >= 11 is 0. The molecule has 0 aliphatic heterocycles. The predicted octanol–water partition coefficient (Wildman–Crippen LogP) is 4.75. The van der Waals surface area contributed by atoms with Gasteiger partial charge in [0.1, 0.15) is 5.75 Å². The van der Waals surface area contributed by atoms with Crippen molar-refractivity contribution in [1.29, 1.82) is 0 Å². The summed E-state index contributed by atoms with van der Waals surface area (Å²) in [5.74, 6) is 0.855. The van der Waals surface area contributed by atoms with Crippen LogP contribution >= 0.6 is 0 Å². The highest BCUT2D eigenvalue weighted by molar-refractivity contribution is 5.73. The number of hydrogen-bond acceptors (Lipinski definition) is 1. The van der Waals surface area contributed by atoms with Crippen LogP contribution < -0.4 is 0 Å². The zero-order valence-electron chi connectivity index (χ0n) is 11.3. The molecule has 0 aliphatic rings. The molecule has 0 bridgehead atoms. The fourth-order valence-corrected chi connectivity index (χ4v) is 2.21. The van der Waals surface area contributed by atoms with Crippen molar-refractivity contribution >= 4 is 0 Å². The minimum atomic E-state index is 0.355. The van der Waals surface area contributed by atoms with Crippen LogP contribution in [0.25, 0.3) is 11.1 Å². The van der Waals surface area contributed by atoms with Gasteiger partial charge in [-0.05, 0) is 35.1 Å². The summed E-state index contributed by atoms with van der Waals surface area (Å²) in [6, 6.07) is 14.1. The van der Waals surface area contributed by atoms with Gasteiger partial charge in [0.25, 0.3) is 0 Å². The number of para-hydroxylation sites is 1. The van der Waals surface area contributed by atoms with Crippen LogP contribution in [0.4, 0.5) is 0 Å². The molecule has 0 saturated heterocycles. The first-order valence-electron chi connectivity index (χ1n) is 6.54. The molecule has 0 aliphatic carbocycles. The number of rotatable bonds is 3. The van der Waals surface area contributed by atoms with Crippen LogP contribution in [0.2, 0.25) is 0 Å². The topological polar surface area (TPSA) is 20.2 Å². The van der Waals surface area contributed by atoms with Gasteiger partial charge < -0.3 is 5.11 Å². The van der Waals surface area contributed by atoms with Crippen molar-refractivity contribution in [2.75, 3.05) is 0 Å². The summed E-state index contributed by atoms with van der Waals surface area (Å²) in [5, 5.41) is 10.0. The Bertz CT molecular complexity index is 541. The standard InChI is InChI=1S/C17H20O/c1-4-13-9-10-14(12(2)3)11-16(13)15-7-5-6-8-17(15)18/h5-12,18H,4H2,1-3H3. The lowest BCUT2D eigenvalue weighted by molar-refractivity contribution is 0.477. The van der Waals surface area contributed by atoms with Gasteiger partial charge in [-0.2, -0.15) is 0 Å². The van der Waals surface area contributed by atoms with E-state index in [9.17, 15) is 5.11 Å². The number of phenols is 1. The second-order valence-corrected chi connectivity index (χ2v) is 4.94. The van der Waals surface area contributed by atoms with Crippen molar-refractivity contribution in [3.63, 3.8) is 0 Å². The summed E-state index contributed by atoms with van der Waals surface area (Å²) in [4.78, 5) is 0. The molecule has 0 atom stereocenters. The lowest BCUT2D eigenvalue weighted by Gasteiger charge is -2.14. The van der Waals surface area contributed by atoms with Crippen LogP contribution in [0.15, 0.2) is 42.5 Å². The second-order valence-electron chi connectivity index (χ2n) is 4.94. The summed E-state index contributed by atoms with van der Waals surface area (Å²) in [7, 11) is 0. The van der Waals surface area contributed by atoms with Gasteiger partial charge in [0.15, 0.2) is 0 Å². The Balaban J connectivity index is 2.61. The molecule has 0 spiro atoms. The van der Waals surface area contributed by atoms with Gasteiger partial charge >= 0.3 is 0 Å². The molecule has 18 heavy (non-hydrogen) atoms. The van der Waals surface area contributed by atoms with Crippen LogP contribution in [0.1, 0.15) is 37.8 Å². The Morgan fingerprint density at radius 1 is 1.00 bits per heavy atom. The van der Waals surface area contributed by atoms with E-state index in [1.54, 1.807) is 6.07 Å². The van der Waals surface area contributed by atoms with Crippen molar-refractivity contribution in [1.82, 2.24) is 0 Å². The molecular formula is C17H20O. The van der Waals surface area contributed by atoms with Gasteiger partial charge in [-0.1, -0.05) is 57.2 Å². The summed E-state index contributed by atoms with van der Waals surface area (Å²) in [6.45, 7) is 6.53. The maximum atomic E-state index is 10.0. The molecular weight excluding hydrogens is 220 g/mol. The highest BCUT2D eigenvalue weighted by Crippen LogP contribution is 2.33. The van der Waals surface area contributed by atoms with Gasteiger partial charge in [-0.25, -0.2) is 0 Å². The smallest absolute Gasteiger partial charge is 0.123 e. The van der Waals surface area contributed by atoms with Crippen molar-refractivity contribution < 1.29 is 5.11 Å². The first-order chi connectivity index (χ1) is 8.63. The lowest BCUT2D eigenvalue weighted by Crippen LogP contribution is -1.93. The minimum Gasteiger partial charge on any atom is -0.507 e. The summed E-state index contributed by atoms with van der Waals surface area (Å²) < 4.78 is 0. The maximum absolute atomic E-state index is 10.0. The second kappa shape index (κ2) is 5.26. The molecule has 2 rings (SSSR count). The number of benzene rings is 2. The van der Waals surface area contributed by atoms with E-state index < -0.39 is 0 Å². The van der Waals surface area contributed by atoms with Crippen LogP contribution in [0.3, 0.4) is 0 Å². The molecule has 0 heterocycles. The molecule has 1 N–H and O–H groups in total. The highest BCUT2D eigenvalue weighted by atomic mass is 16.3. The maximum Gasteiger partial charge on any atom is 0.123 e. The number of phenolic OH excluding ortho intramolecular Hbond substituents is 1. The Morgan fingerprint density at radius 2 is 1.72 bits per heavy atom. The molecule has 0 fully saturated rings. The van der Waals surface area contributed by atoms with Gasteiger partial charge in [0.05, 0.1) is 0 Å². The summed E-state index contributed by atoms with van der Waals surface area (Å²) in [5.41, 5.74) is 4.67. The largest absolute Gasteiger partial charge is 0.507 e. The molecule has 0 aromatic heterocycles. The van der Waals surface area contributed by atoms with Crippen molar-refractivity contribution in [2.24, 2.45) is 0 Å². The van der Waals surface area contributed by atoms with E-state index in [2.05, 4.69) is 39.0 Å². The number of aromatic hydroxyl groups is 1. The molecule has 1 nitrogen and oxygen atoms in total. The Labute approximate surface area is 109 Å². The van der Waals surface area contributed by atoms with Crippen LogP contribution in [-0.4, -0.2) is 5.11 Å². The van der Waals surface area contributed by atoms with E-state index in [-0.39, 0.29) is 0 Å². The average Bonchev–Trinajstić information content (AvgIpc) is 2.38. The van der Waals surface area contributed by atoms with E-state index >= 15 is 0 Å². The third-order valence-electron chi connectivity index (χ3n) is 3.38. The monoisotopic (exact) mass is 240 g/mol. The molecule has 0 radical (unpaired) electrons. The van der Waals surface area contributed by atoms with Crippen LogP contribution in [-0.2, 0) is 6.42 Å². The average molecular weight is 240 g/mol. The zero-order valence-corrected chi connectivity index (χ0v) is 11.3.